The number of hydrogen-bond acceptors (Lipinski definition) is 8. The van der Waals surface area contributed by atoms with E-state index in [0.717, 1.165) is 31.3 Å². The fraction of sp³-hybridized carbons (Fsp3) is 0.227. The van der Waals surface area contributed by atoms with Crippen molar-refractivity contribution in [2.45, 2.75) is 19.6 Å². The van der Waals surface area contributed by atoms with Crippen molar-refractivity contribution < 1.29 is 33.0 Å². The smallest absolute Gasteiger partial charge is 0.351 e. The minimum Gasteiger partial charge on any atom is -0.483 e. The number of hydrogen-bond donors (Lipinski definition) is 3. The van der Waals surface area contributed by atoms with Gasteiger partial charge in [0.25, 0.3) is 0 Å². The number of aliphatic hydroxyl groups is 1. The summed E-state index contributed by atoms with van der Waals surface area (Å²) in [6.07, 6.45) is 0.643. The fourth-order valence-corrected chi connectivity index (χ4v) is 3.84. The van der Waals surface area contributed by atoms with Crippen molar-refractivity contribution >= 4 is 40.1 Å². The predicted octanol–water partition coefficient (Wildman–Crippen LogP) is 2.05. The molecule has 1 aliphatic heterocycles. The van der Waals surface area contributed by atoms with E-state index in [9.17, 15) is 28.3 Å². The van der Waals surface area contributed by atoms with Gasteiger partial charge in [0.1, 0.15) is 22.5 Å². The van der Waals surface area contributed by atoms with Crippen LogP contribution in [-0.4, -0.2) is 40.8 Å². The van der Waals surface area contributed by atoms with Gasteiger partial charge >= 0.3 is 11.9 Å². The Hall–Kier alpha value is -3.54. The van der Waals surface area contributed by atoms with Crippen LogP contribution in [0, 0.1) is 11.6 Å². The summed E-state index contributed by atoms with van der Waals surface area (Å²) in [4.78, 5) is 36.8. The zero-order valence-corrected chi connectivity index (χ0v) is 18.4. The van der Waals surface area contributed by atoms with Crippen molar-refractivity contribution in [1.29, 1.82) is 0 Å². The number of carbonyl (C=O) groups excluding carboxylic acids is 2. The van der Waals surface area contributed by atoms with Crippen LogP contribution in [0.25, 0.3) is 16.6 Å². The summed E-state index contributed by atoms with van der Waals surface area (Å²) in [7, 11) is 0. The molecule has 1 aliphatic rings. The van der Waals surface area contributed by atoms with Crippen LogP contribution < -0.4 is 21.2 Å². The SMILES string of the molecule is CC(=O)OC(=O)c1cn(-c2cc(N)c(F)cc2CO)c2c(Cl)c(OC3CNC3)c(F)cc2c1=O. The lowest BCUT2D eigenvalue weighted by Gasteiger charge is -2.28. The number of carbonyl (C=O) groups is 2. The van der Waals surface area contributed by atoms with Crippen LogP contribution in [0.15, 0.2) is 29.2 Å². The summed E-state index contributed by atoms with van der Waals surface area (Å²) in [5.41, 5.74) is 3.80. The summed E-state index contributed by atoms with van der Waals surface area (Å²) in [5.74, 6) is -4.35. The monoisotopic (exact) mass is 493 g/mol. The Kier molecular flexibility index (Phi) is 6.26. The molecular weight excluding hydrogens is 476 g/mol. The first kappa shape index (κ1) is 23.6. The summed E-state index contributed by atoms with van der Waals surface area (Å²) in [5, 5.41) is 12.1. The molecule has 0 spiro atoms. The van der Waals surface area contributed by atoms with Gasteiger partial charge in [0.15, 0.2) is 11.6 Å². The molecule has 2 heterocycles. The number of anilines is 1. The number of nitrogen functional groups attached to an aromatic ring is 1. The number of benzene rings is 2. The number of pyridine rings is 1. The molecule has 178 valence electrons. The molecule has 0 unspecified atom stereocenters. The first-order valence-corrected chi connectivity index (χ1v) is 10.4. The Morgan fingerprint density at radius 2 is 1.97 bits per heavy atom. The Labute approximate surface area is 195 Å². The second-order valence-electron chi connectivity index (χ2n) is 7.58. The third-order valence-corrected chi connectivity index (χ3v) is 5.60. The van der Waals surface area contributed by atoms with Crippen LogP contribution in [-0.2, 0) is 16.1 Å². The number of aliphatic hydroxyl groups excluding tert-OH is 1. The van der Waals surface area contributed by atoms with Crippen LogP contribution in [0.2, 0.25) is 5.02 Å². The zero-order chi connectivity index (χ0) is 24.7. The molecule has 3 aromatic rings. The van der Waals surface area contributed by atoms with E-state index in [2.05, 4.69) is 10.1 Å². The summed E-state index contributed by atoms with van der Waals surface area (Å²) < 4.78 is 40.4. The average molecular weight is 494 g/mol. The van der Waals surface area contributed by atoms with Crippen LogP contribution in [0.1, 0.15) is 22.8 Å². The number of rotatable bonds is 5. The molecule has 34 heavy (non-hydrogen) atoms. The van der Waals surface area contributed by atoms with E-state index in [1.54, 1.807) is 0 Å². The quantitative estimate of drug-likeness (QED) is 0.279. The first-order chi connectivity index (χ1) is 16.1. The van der Waals surface area contributed by atoms with Crippen molar-refractivity contribution in [2.75, 3.05) is 18.8 Å². The van der Waals surface area contributed by atoms with Gasteiger partial charge < -0.3 is 30.2 Å². The maximum atomic E-state index is 15.0. The molecule has 4 rings (SSSR count). The van der Waals surface area contributed by atoms with Gasteiger partial charge in [-0.15, -0.1) is 0 Å². The van der Waals surface area contributed by atoms with Crippen molar-refractivity contribution in [3.63, 3.8) is 0 Å². The highest BCUT2D eigenvalue weighted by atomic mass is 35.5. The van der Waals surface area contributed by atoms with Crippen molar-refractivity contribution in [3.8, 4) is 11.4 Å². The molecule has 0 aliphatic carbocycles. The highest BCUT2D eigenvalue weighted by molar-refractivity contribution is 6.36. The normalized spacial score (nSPS) is 13.6. The number of nitrogens with one attached hydrogen (secondary N) is 1. The number of ether oxygens (including phenoxy) is 2. The minimum absolute atomic E-state index is 0.0218. The van der Waals surface area contributed by atoms with E-state index in [1.807, 2.05) is 0 Å². The zero-order valence-electron chi connectivity index (χ0n) is 17.7. The highest BCUT2D eigenvalue weighted by Gasteiger charge is 2.27. The summed E-state index contributed by atoms with van der Waals surface area (Å²) >= 11 is 6.50. The van der Waals surface area contributed by atoms with Crippen LogP contribution in [0.5, 0.6) is 5.75 Å². The molecule has 0 saturated carbocycles. The molecule has 1 saturated heterocycles. The topological polar surface area (TPSA) is 133 Å². The largest absolute Gasteiger partial charge is 0.483 e. The maximum absolute atomic E-state index is 15.0. The minimum atomic E-state index is -1.29. The van der Waals surface area contributed by atoms with Gasteiger partial charge in [-0.1, -0.05) is 11.6 Å². The molecule has 0 radical (unpaired) electrons. The molecule has 2 aromatic carbocycles. The van der Waals surface area contributed by atoms with E-state index in [1.165, 1.54) is 4.57 Å². The summed E-state index contributed by atoms with van der Waals surface area (Å²) in [6, 6.07) is 2.97. The molecule has 0 amide bonds. The van der Waals surface area contributed by atoms with Gasteiger partial charge in [0.05, 0.1) is 28.9 Å². The lowest BCUT2D eigenvalue weighted by molar-refractivity contribution is -0.135. The van der Waals surface area contributed by atoms with Crippen molar-refractivity contribution in [3.05, 3.63) is 62.4 Å². The van der Waals surface area contributed by atoms with E-state index >= 15 is 0 Å². The van der Waals surface area contributed by atoms with E-state index in [0.29, 0.717) is 13.1 Å². The van der Waals surface area contributed by atoms with Crippen molar-refractivity contribution in [2.24, 2.45) is 0 Å². The van der Waals surface area contributed by atoms with Gasteiger partial charge in [0, 0.05) is 31.8 Å². The number of nitrogens with zero attached hydrogens (tertiary/aromatic N) is 1. The lowest BCUT2D eigenvalue weighted by atomic mass is 10.1. The van der Waals surface area contributed by atoms with Gasteiger partial charge in [-0.3, -0.25) is 9.59 Å². The maximum Gasteiger partial charge on any atom is 0.351 e. The second-order valence-corrected chi connectivity index (χ2v) is 7.96. The predicted molar refractivity (Wildman–Crippen MR) is 118 cm³/mol. The number of aromatic nitrogens is 1. The summed E-state index contributed by atoms with van der Waals surface area (Å²) in [6.45, 7) is 1.24. The highest BCUT2D eigenvalue weighted by Crippen LogP contribution is 2.37. The van der Waals surface area contributed by atoms with E-state index in [-0.39, 0.29) is 44.7 Å². The second kappa shape index (κ2) is 9.01. The van der Waals surface area contributed by atoms with Gasteiger partial charge in [-0.25, -0.2) is 13.6 Å². The Morgan fingerprint density at radius 3 is 2.56 bits per heavy atom. The molecule has 0 atom stereocenters. The molecule has 9 nitrogen and oxygen atoms in total. The van der Waals surface area contributed by atoms with Crippen molar-refractivity contribution in [1.82, 2.24) is 9.88 Å². The van der Waals surface area contributed by atoms with Gasteiger partial charge in [0.2, 0.25) is 5.43 Å². The third-order valence-electron chi connectivity index (χ3n) is 5.25. The first-order valence-electron chi connectivity index (χ1n) is 9.99. The van der Waals surface area contributed by atoms with E-state index in [4.69, 9.17) is 22.1 Å². The number of halogens is 3. The number of nitrogens with two attached hydrogens (primary N) is 1. The molecule has 12 heteroatoms. The Balaban J connectivity index is 2.09. The lowest BCUT2D eigenvalue weighted by Crippen LogP contribution is -2.50. The molecule has 1 fully saturated rings. The third kappa shape index (κ3) is 4.09. The Morgan fingerprint density at radius 1 is 1.26 bits per heavy atom. The number of fused-ring (bicyclic) bond motifs is 1. The molecule has 4 N–H and O–H groups in total. The molecular formula is C22H18ClF2N3O6. The van der Waals surface area contributed by atoms with Crippen LogP contribution in [0.3, 0.4) is 0 Å². The van der Waals surface area contributed by atoms with Gasteiger partial charge in [-0.2, -0.15) is 0 Å². The fourth-order valence-electron chi connectivity index (χ4n) is 3.51. The van der Waals surface area contributed by atoms with E-state index < -0.39 is 41.2 Å². The van der Waals surface area contributed by atoms with Crippen LogP contribution in [0.4, 0.5) is 14.5 Å². The Bertz CT molecular complexity index is 1400. The standard InChI is InChI=1S/C22H18ClF2N3O6/c1-9(30)33-22(32)13-7-28(17-4-16(26)14(24)2-10(17)8-29)19-12(20(13)31)3-15(25)21(18(19)23)34-11-5-27-6-11/h2-4,7,11,27,29H,5-6,8,26H2,1H3. The molecule has 1 aromatic heterocycles. The number of esters is 2. The van der Waals surface area contributed by atoms with Gasteiger partial charge in [-0.05, 0) is 18.2 Å². The van der Waals surface area contributed by atoms with Crippen LogP contribution >= 0.6 is 11.6 Å². The average Bonchev–Trinajstić information content (AvgIpc) is 2.74. The molecule has 0 bridgehead atoms.